The van der Waals surface area contributed by atoms with Crippen molar-refractivity contribution in [3.8, 4) is 0 Å². The first-order valence-electron chi connectivity index (χ1n) is 6.75. The summed E-state index contributed by atoms with van der Waals surface area (Å²) in [7, 11) is 0. The quantitative estimate of drug-likeness (QED) is 0.873. The van der Waals surface area contributed by atoms with Crippen LogP contribution in [0.1, 0.15) is 37.2 Å². The Morgan fingerprint density at radius 2 is 1.94 bits per heavy atom. The Hall–Kier alpha value is -0.540. The van der Waals surface area contributed by atoms with Gasteiger partial charge in [-0.05, 0) is 55.6 Å². The topological polar surface area (TPSA) is 12.0 Å². The number of rotatable bonds is 5. The first-order chi connectivity index (χ1) is 8.71. The van der Waals surface area contributed by atoms with Crippen LogP contribution >= 0.6 is 11.8 Å². The summed E-state index contributed by atoms with van der Waals surface area (Å²) in [5, 5.41) is 3.69. The van der Waals surface area contributed by atoms with Crippen molar-refractivity contribution < 1.29 is 4.39 Å². The fraction of sp³-hybridized carbons (Fsp3) is 0.600. The highest BCUT2D eigenvalue weighted by atomic mass is 32.2. The maximum atomic E-state index is 12.8. The second-order valence-electron chi connectivity index (χ2n) is 5.68. The molecule has 2 aliphatic carbocycles. The Labute approximate surface area is 113 Å². The minimum atomic E-state index is -0.136. The molecule has 2 fully saturated rings. The number of thioether (sulfide) groups is 1. The molecule has 2 aliphatic rings. The molecule has 0 aromatic heterocycles. The molecule has 2 saturated carbocycles. The molecule has 0 aliphatic heterocycles. The van der Waals surface area contributed by atoms with E-state index in [1.54, 1.807) is 12.1 Å². The minimum Gasteiger partial charge on any atom is -0.313 e. The molecule has 1 aromatic carbocycles. The van der Waals surface area contributed by atoms with Crippen LogP contribution in [0, 0.1) is 5.82 Å². The maximum Gasteiger partial charge on any atom is 0.123 e. The van der Waals surface area contributed by atoms with Gasteiger partial charge in [0.1, 0.15) is 5.82 Å². The van der Waals surface area contributed by atoms with Gasteiger partial charge in [-0.2, -0.15) is 11.8 Å². The fourth-order valence-corrected chi connectivity index (χ4v) is 3.45. The summed E-state index contributed by atoms with van der Waals surface area (Å²) >= 11 is 2.01. The molecule has 1 N–H and O–H groups in total. The lowest BCUT2D eigenvalue weighted by atomic mass is 9.76. The molecule has 1 aromatic rings. The molecule has 3 heteroatoms. The van der Waals surface area contributed by atoms with Gasteiger partial charge in [-0.3, -0.25) is 0 Å². The molecule has 0 spiro atoms. The number of benzene rings is 1. The van der Waals surface area contributed by atoms with Gasteiger partial charge in [0.25, 0.3) is 0 Å². The molecule has 0 amide bonds. The summed E-state index contributed by atoms with van der Waals surface area (Å²) in [6, 6.07) is 7.68. The lowest BCUT2D eigenvalue weighted by Gasteiger charge is -2.37. The Morgan fingerprint density at radius 1 is 1.28 bits per heavy atom. The van der Waals surface area contributed by atoms with E-state index in [1.165, 1.54) is 31.2 Å². The van der Waals surface area contributed by atoms with E-state index < -0.39 is 0 Å². The predicted octanol–water partition coefficient (Wildman–Crippen LogP) is 3.56. The van der Waals surface area contributed by atoms with Crippen LogP contribution in [0.25, 0.3) is 0 Å². The highest BCUT2D eigenvalue weighted by Crippen LogP contribution is 2.47. The molecule has 98 valence electrons. The van der Waals surface area contributed by atoms with Crippen LogP contribution in [0.5, 0.6) is 0 Å². The van der Waals surface area contributed by atoms with Gasteiger partial charge in [0.2, 0.25) is 0 Å². The van der Waals surface area contributed by atoms with Crippen molar-refractivity contribution in [3.05, 3.63) is 35.6 Å². The standard InChI is InChI=1S/C15H20FNS/c1-18-15(6-7-15)10-17-14-8-12(9-14)11-2-4-13(16)5-3-11/h2-5,12,14,17H,6-10H2,1H3. The molecular weight excluding hydrogens is 245 g/mol. The zero-order chi connectivity index (χ0) is 12.6. The van der Waals surface area contributed by atoms with E-state index in [2.05, 4.69) is 11.6 Å². The van der Waals surface area contributed by atoms with Gasteiger partial charge in [-0.1, -0.05) is 12.1 Å². The van der Waals surface area contributed by atoms with Crippen molar-refractivity contribution in [3.63, 3.8) is 0 Å². The number of hydrogen-bond donors (Lipinski definition) is 1. The van der Waals surface area contributed by atoms with E-state index in [9.17, 15) is 4.39 Å². The second kappa shape index (κ2) is 4.86. The van der Waals surface area contributed by atoms with Crippen LogP contribution < -0.4 is 5.32 Å². The van der Waals surface area contributed by atoms with Crippen LogP contribution in [-0.4, -0.2) is 23.6 Å². The largest absolute Gasteiger partial charge is 0.313 e. The lowest BCUT2D eigenvalue weighted by Crippen LogP contribution is -2.43. The van der Waals surface area contributed by atoms with Gasteiger partial charge in [0.15, 0.2) is 0 Å². The number of halogens is 1. The molecule has 0 heterocycles. The summed E-state index contributed by atoms with van der Waals surface area (Å²) in [5.74, 6) is 0.496. The second-order valence-corrected chi connectivity index (χ2v) is 6.96. The molecule has 18 heavy (non-hydrogen) atoms. The highest BCUT2D eigenvalue weighted by Gasteiger charge is 2.42. The van der Waals surface area contributed by atoms with Crippen molar-refractivity contribution in [1.29, 1.82) is 0 Å². The average Bonchev–Trinajstić information content (AvgIpc) is 3.10. The Morgan fingerprint density at radius 3 is 2.50 bits per heavy atom. The highest BCUT2D eigenvalue weighted by molar-refractivity contribution is 8.00. The monoisotopic (exact) mass is 265 g/mol. The SMILES string of the molecule is CSC1(CNC2CC(c3ccc(F)cc3)C2)CC1. The fourth-order valence-electron chi connectivity index (χ4n) is 2.71. The van der Waals surface area contributed by atoms with Crippen LogP contribution in [0.2, 0.25) is 0 Å². The lowest BCUT2D eigenvalue weighted by molar-refractivity contribution is 0.290. The molecule has 0 radical (unpaired) electrons. The Balaban J connectivity index is 1.44. The predicted molar refractivity (Wildman–Crippen MR) is 75.6 cm³/mol. The third-order valence-electron chi connectivity index (χ3n) is 4.43. The van der Waals surface area contributed by atoms with Crippen molar-refractivity contribution in [1.82, 2.24) is 5.32 Å². The zero-order valence-electron chi connectivity index (χ0n) is 10.8. The van der Waals surface area contributed by atoms with Gasteiger partial charge < -0.3 is 5.32 Å². The Kier molecular flexibility index (Phi) is 3.37. The van der Waals surface area contributed by atoms with Gasteiger partial charge in [0.05, 0.1) is 0 Å². The van der Waals surface area contributed by atoms with E-state index in [0.717, 1.165) is 6.54 Å². The number of hydrogen-bond acceptors (Lipinski definition) is 2. The van der Waals surface area contributed by atoms with Gasteiger partial charge in [0, 0.05) is 17.3 Å². The average molecular weight is 265 g/mol. The van der Waals surface area contributed by atoms with Crippen LogP contribution in [-0.2, 0) is 0 Å². The molecule has 1 nitrogen and oxygen atoms in total. The summed E-state index contributed by atoms with van der Waals surface area (Å²) in [6.07, 6.45) is 7.37. The normalized spacial score (nSPS) is 28.8. The van der Waals surface area contributed by atoms with E-state index in [1.807, 2.05) is 23.9 Å². The molecule has 0 unspecified atom stereocenters. The smallest absolute Gasteiger partial charge is 0.123 e. The molecule has 0 saturated heterocycles. The minimum absolute atomic E-state index is 0.136. The first kappa shape index (κ1) is 12.5. The van der Waals surface area contributed by atoms with Crippen LogP contribution in [0.3, 0.4) is 0 Å². The first-order valence-corrected chi connectivity index (χ1v) is 7.97. The zero-order valence-corrected chi connectivity index (χ0v) is 11.6. The van der Waals surface area contributed by atoms with Crippen LogP contribution in [0.15, 0.2) is 24.3 Å². The summed E-state index contributed by atoms with van der Waals surface area (Å²) in [4.78, 5) is 0. The van der Waals surface area contributed by atoms with E-state index in [-0.39, 0.29) is 5.82 Å². The third-order valence-corrected chi connectivity index (χ3v) is 5.85. The van der Waals surface area contributed by atoms with Gasteiger partial charge >= 0.3 is 0 Å². The van der Waals surface area contributed by atoms with Crippen LogP contribution in [0.4, 0.5) is 4.39 Å². The van der Waals surface area contributed by atoms with Crippen molar-refractivity contribution >= 4 is 11.8 Å². The van der Waals surface area contributed by atoms with E-state index in [4.69, 9.17) is 0 Å². The molecule has 3 rings (SSSR count). The van der Waals surface area contributed by atoms with Gasteiger partial charge in [-0.15, -0.1) is 0 Å². The maximum absolute atomic E-state index is 12.8. The number of nitrogens with one attached hydrogen (secondary N) is 1. The molecule has 0 bridgehead atoms. The summed E-state index contributed by atoms with van der Waals surface area (Å²) in [5.41, 5.74) is 1.29. The van der Waals surface area contributed by atoms with Crippen molar-refractivity contribution in [2.24, 2.45) is 0 Å². The van der Waals surface area contributed by atoms with Gasteiger partial charge in [-0.25, -0.2) is 4.39 Å². The summed E-state index contributed by atoms with van der Waals surface area (Å²) < 4.78 is 13.4. The van der Waals surface area contributed by atoms with E-state index in [0.29, 0.717) is 16.7 Å². The van der Waals surface area contributed by atoms with E-state index >= 15 is 0 Å². The van der Waals surface area contributed by atoms with Crippen molar-refractivity contribution in [2.45, 2.75) is 42.4 Å². The Bertz CT molecular complexity index is 407. The van der Waals surface area contributed by atoms with Crippen molar-refractivity contribution in [2.75, 3.05) is 12.8 Å². The third kappa shape index (κ3) is 2.57. The molecule has 0 atom stereocenters. The summed E-state index contributed by atoms with van der Waals surface area (Å²) in [6.45, 7) is 1.16. The molecular formula is C15H20FNS.